The predicted octanol–water partition coefficient (Wildman–Crippen LogP) is 2.29. The van der Waals surface area contributed by atoms with Crippen molar-refractivity contribution in [3.8, 4) is 0 Å². The van der Waals surface area contributed by atoms with Crippen molar-refractivity contribution >= 4 is 23.4 Å². The smallest absolute Gasteiger partial charge is 0.233 e. The van der Waals surface area contributed by atoms with Gasteiger partial charge in [-0.15, -0.1) is 0 Å². The Hall–Kier alpha value is -2.48. The van der Waals surface area contributed by atoms with Crippen LogP contribution in [0.1, 0.15) is 50.9 Å². The summed E-state index contributed by atoms with van der Waals surface area (Å²) < 4.78 is 2.00. The summed E-state index contributed by atoms with van der Waals surface area (Å²) in [5.74, 6) is 0.434. The Morgan fingerprint density at radius 2 is 2.33 bits per heavy atom. The van der Waals surface area contributed by atoms with Gasteiger partial charge in [0.25, 0.3) is 0 Å². The molecule has 8 heteroatoms. The molecule has 0 radical (unpaired) electrons. The number of carbonyl (C=O) groups excluding carboxylic acids is 2. The number of aryl methyl sites for hydroxylation is 1. The van der Waals surface area contributed by atoms with Gasteiger partial charge in [0.1, 0.15) is 5.82 Å². The molecule has 1 fully saturated rings. The highest BCUT2D eigenvalue weighted by Crippen LogP contribution is 2.34. The van der Waals surface area contributed by atoms with E-state index in [0.29, 0.717) is 24.4 Å². The summed E-state index contributed by atoms with van der Waals surface area (Å²) in [7, 11) is 1.95. The Morgan fingerprint density at radius 3 is 3.04 bits per heavy atom. The summed E-state index contributed by atoms with van der Waals surface area (Å²) in [6.45, 7) is 2.75. The van der Waals surface area contributed by atoms with Gasteiger partial charge >= 0.3 is 0 Å². The minimum absolute atomic E-state index is 0.0166. The van der Waals surface area contributed by atoms with Gasteiger partial charge in [-0.2, -0.15) is 0 Å². The second-order valence-electron chi connectivity index (χ2n) is 7.15. The molecule has 0 unspecified atom stereocenters. The Bertz CT molecular complexity index is 806. The van der Waals surface area contributed by atoms with Crippen LogP contribution in [0.25, 0.3) is 11.0 Å². The molecule has 0 bridgehead atoms. The van der Waals surface area contributed by atoms with Gasteiger partial charge in [0.15, 0.2) is 0 Å². The number of likely N-dealkylation sites (tertiary alicyclic amines) is 1. The molecular formula is C19H27N5O3. The van der Waals surface area contributed by atoms with Crippen molar-refractivity contribution in [2.24, 2.45) is 13.0 Å². The third-order valence-electron chi connectivity index (χ3n) is 5.34. The van der Waals surface area contributed by atoms with Gasteiger partial charge in [-0.3, -0.25) is 19.8 Å². The van der Waals surface area contributed by atoms with E-state index in [4.69, 9.17) is 4.98 Å². The van der Waals surface area contributed by atoms with Crippen molar-refractivity contribution in [2.45, 2.75) is 45.1 Å². The number of pyridine rings is 1. The summed E-state index contributed by atoms with van der Waals surface area (Å²) in [4.78, 5) is 34.8. The van der Waals surface area contributed by atoms with Crippen molar-refractivity contribution < 1.29 is 14.8 Å². The van der Waals surface area contributed by atoms with Crippen LogP contribution in [0, 0.1) is 5.92 Å². The topological polar surface area (TPSA) is 91.6 Å². The van der Waals surface area contributed by atoms with E-state index in [1.54, 1.807) is 12.4 Å². The first-order chi connectivity index (χ1) is 13.1. The fourth-order valence-electron chi connectivity index (χ4n) is 3.90. The van der Waals surface area contributed by atoms with Crippen LogP contribution in [-0.4, -0.2) is 55.1 Å². The van der Waals surface area contributed by atoms with E-state index >= 15 is 0 Å². The van der Waals surface area contributed by atoms with Crippen LogP contribution < -0.4 is 0 Å². The maximum Gasteiger partial charge on any atom is 0.233 e. The highest BCUT2D eigenvalue weighted by Gasteiger charge is 2.36. The molecule has 0 saturated carbocycles. The van der Waals surface area contributed by atoms with Crippen LogP contribution in [0.3, 0.4) is 0 Å². The van der Waals surface area contributed by atoms with E-state index in [1.165, 1.54) is 0 Å². The zero-order chi connectivity index (χ0) is 19.4. The summed E-state index contributed by atoms with van der Waals surface area (Å²) >= 11 is 0. The van der Waals surface area contributed by atoms with E-state index in [-0.39, 0.29) is 18.5 Å². The number of rotatable bonds is 8. The van der Waals surface area contributed by atoms with Crippen molar-refractivity contribution in [3.63, 3.8) is 0 Å². The first-order valence-electron chi connectivity index (χ1n) is 9.54. The fourth-order valence-corrected chi connectivity index (χ4v) is 3.90. The maximum atomic E-state index is 13.2. The number of carbonyl (C=O) groups is 2. The van der Waals surface area contributed by atoms with Crippen LogP contribution in [0.4, 0.5) is 0 Å². The highest BCUT2D eigenvalue weighted by molar-refractivity contribution is 5.80. The van der Waals surface area contributed by atoms with Gasteiger partial charge in [0.2, 0.25) is 12.3 Å². The number of hydroxylamine groups is 2. The highest BCUT2D eigenvalue weighted by atomic mass is 16.5. The molecule has 1 saturated heterocycles. The van der Waals surface area contributed by atoms with Gasteiger partial charge in [-0.25, -0.2) is 10.0 Å². The molecule has 1 N–H and O–H groups in total. The van der Waals surface area contributed by atoms with Gasteiger partial charge in [-0.1, -0.05) is 19.8 Å². The molecule has 0 aliphatic carbocycles. The van der Waals surface area contributed by atoms with Crippen molar-refractivity contribution in [2.75, 3.05) is 13.1 Å². The first kappa shape index (κ1) is 19.3. The molecule has 0 spiro atoms. The number of fused-ring (bicyclic) bond motifs is 1. The molecule has 27 heavy (non-hydrogen) atoms. The summed E-state index contributed by atoms with van der Waals surface area (Å²) in [6.07, 6.45) is 8.10. The standard InChI is InChI=1S/C19H27N5O3/c1-3-4-6-14(12-23(27)13-25)19(26)24-10-5-7-16(24)18-21-15-8-9-20-11-17(15)22(18)2/h8-9,11,13-14,16,27H,3-7,10,12H2,1-2H3/t14-,16+/m1/s1. The Balaban J connectivity index is 1.85. The molecule has 2 aromatic rings. The summed E-state index contributed by atoms with van der Waals surface area (Å²) in [5, 5.41) is 10.2. The van der Waals surface area contributed by atoms with Crippen LogP contribution in [-0.2, 0) is 16.6 Å². The lowest BCUT2D eigenvalue weighted by Crippen LogP contribution is -2.41. The minimum Gasteiger partial charge on any atom is -0.332 e. The molecule has 2 aromatic heterocycles. The lowest BCUT2D eigenvalue weighted by molar-refractivity contribution is -0.157. The third kappa shape index (κ3) is 3.95. The van der Waals surface area contributed by atoms with Crippen molar-refractivity contribution in [1.29, 1.82) is 0 Å². The van der Waals surface area contributed by atoms with Crippen LogP contribution in [0.2, 0.25) is 0 Å². The van der Waals surface area contributed by atoms with Gasteiger partial charge in [0.05, 0.1) is 35.7 Å². The molecule has 8 nitrogen and oxygen atoms in total. The Morgan fingerprint density at radius 1 is 1.52 bits per heavy atom. The van der Waals surface area contributed by atoms with E-state index in [9.17, 15) is 14.8 Å². The predicted molar refractivity (Wildman–Crippen MR) is 99.8 cm³/mol. The first-order valence-corrected chi connectivity index (χ1v) is 9.54. The van der Waals surface area contributed by atoms with E-state index < -0.39 is 5.92 Å². The van der Waals surface area contributed by atoms with Gasteiger partial charge in [-0.05, 0) is 25.3 Å². The quantitative estimate of drug-likeness (QED) is 0.435. The van der Waals surface area contributed by atoms with Gasteiger partial charge < -0.3 is 9.47 Å². The van der Waals surface area contributed by atoms with Crippen molar-refractivity contribution in [3.05, 3.63) is 24.3 Å². The fraction of sp³-hybridized carbons (Fsp3) is 0.579. The minimum atomic E-state index is -0.405. The SMILES string of the molecule is CCCC[C@H](CN(O)C=O)C(=O)N1CCC[C@H]1c1nc2ccncc2n1C. The maximum absolute atomic E-state index is 13.2. The zero-order valence-corrected chi connectivity index (χ0v) is 15.9. The molecule has 146 valence electrons. The number of amides is 2. The number of nitrogens with zero attached hydrogens (tertiary/aromatic N) is 5. The average Bonchev–Trinajstić information content (AvgIpc) is 3.29. The molecular weight excluding hydrogens is 346 g/mol. The number of hydrogen-bond donors (Lipinski definition) is 1. The van der Waals surface area contributed by atoms with Crippen molar-refractivity contribution in [1.82, 2.24) is 24.5 Å². The molecule has 1 aliphatic rings. The zero-order valence-electron chi connectivity index (χ0n) is 15.9. The largest absolute Gasteiger partial charge is 0.332 e. The molecule has 0 aromatic carbocycles. The average molecular weight is 373 g/mol. The normalized spacial score (nSPS) is 18.0. The van der Waals surface area contributed by atoms with Crippen LogP contribution in [0.15, 0.2) is 18.5 Å². The molecule has 2 atom stereocenters. The molecule has 1 aliphatic heterocycles. The monoisotopic (exact) mass is 373 g/mol. The number of hydrogen-bond acceptors (Lipinski definition) is 5. The molecule has 2 amide bonds. The van der Waals surface area contributed by atoms with E-state index in [0.717, 1.165) is 42.5 Å². The van der Waals surface area contributed by atoms with E-state index in [1.807, 2.05) is 22.6 Å². The number of unbranched alkanes of at least 4 members (excludes halogenated alkanes) is 1. The lowest BCUT2D eigenvalue weighted by Gasteiger charge is -2.29. The second kappa shape index (κ2) is 8.47. The summed E-state index contributed by atoms with van der Waals surface area (Å²) in [5.41, 5.74) is 1.81. The van der Waals surface area contributed by atoms with E-state index in [2.05, 4.69) is 11.9 Å². The Kier molecular flexibility index (Phi) is 6.05. The second-order valence-corrected chi connectivity index (χ2v) is 7.15. The number of imidazole rings is 1. The lowest BCUT2D eigenvalue weighted by atomic mass is 9.99. The van der Waals surface area contributed by atoms with Gasteiger partial charge in [0, 0.05) is 19.8 Å². The summed E-state index contributed by atoms with van der Waals surface area (Å²) in [6, 6.07) is 1.78. The van der Waals surface area contributed by atoms with Crippen LogP contribution >= 0.6 is 0 Å². The third-order valence-corrected chi connectivity index (χ3v) is 5.34. The Labute approximate surface area is 158 Å². The number of aromatic nitrogens is 3. The molecule has 3 heterocycles. The molecule has 3 rings (SSSR count). The van der Waals surface area contributed by atoms with Crippen LogP contribution in [0.5, 0.6) is 0 Å².